The second-order valence-corrected chi connectivity index (χ2v) is 3.97. The largest absolute Gasteiger partial charge is 0.497 e. The summed E-state index contributed by atoms with van der Waals surface area (Å²) in [6, 6.07) is 17.4. The van der Waals surface area contributed by atoms with Crippen LogP contribution in [0.25, 0.3) is 0 Å². The van der Waals surface area contributed by atoms with Gasteiger partial charge < -0.3 is 9.64 Å². The predicted octanol–water partition coefficient (Wildman–Crippen LogP) is 3.16. The molecule has 3 heteroatoms. The molecule has 2 aromatic carbocycles. The lowest BCUT2D eigenvalue weighted by Crippen LogP contribution is -2.26. The zero-order chi connectivity index (χ0) is 13.0. The molecule has 0 aromatic heterocycles. The molecule has 0 spiro atoms. The maximum absolute atomic E-state index is 8.19. The summed E-state index contributed by atoms with van der Waals surface area (Å²) in [5, 5.41) is 8.19. The number of methoxy groups -OCH3 is 1. The molecule has 0 atom stereocenters. The molecule has 0 aliphatic heterocycles. The summed E-state index contributed by atoms with van der Waals surface area (Å²) in [6.07, 6.45) is 0. The Morgan fingerprint density at radius 3 is 2.17 bits per heavy atom. The summed E-state index contributed by atoms with van der Waals surface area (Å²) in [5.74, 6) is 1.26. The van der Waals surface area contributed by atoms with Gasteiger partial charge in [-0.15, -0.1) is 0 Å². The van der Waals surface area contributed by atoms with Crippen molar-refractivity contribution in [2.24, 2.45) is 0 Å². The molecule has 0 bridgehead atoms. The molecule has 2 aromatic rings. The fourth-order valence-electron chi connectivity index (χ4n) is 1.72. The van der Waals surface area contributed by atoms with Gasteiger partial charge in [-0.2, -0.15) is 0 Å². The Labute approximate surface area is 107 Å². The fraction of sp³-hybridized carbons (Fsp3) is 0.133. The highest BCUT2D eigenvalue weighted by atomic mass is 16.5. The first-order valence-electron chi connectivity index (χ1n) is 5.74. The van der Waals surface area contributed by atoms with Crippen molar-refractivity contribution in [3.8, 4) is 5.75 Å². The normalized spacial score (nSPS) is 9.89. The maximum Gasteiger partial charge on any atom is 0.132 e. The van der Waals surface area contributed by atoms with Gasteiger partial charge in [0.1, 0.15) is 11.6 Å². The van der Waals surface area contributed by atoms with Gasteiger partial charge in [0, 0.05) is 18.3 Å². The zero-order valence-electron chi connectivity index (χ0n) is 10.6. The Morgan fingerprint density at radius 1 is 1.00 bits per heavy atom. The molecule has 2 rings (SSSR count). The molecule has 0 aliphatic rings. The number of anilines is 1. The van der Waals surface area contributed by atoms with Crippen LogP contribution in [0.2, 0.25) is 0 Å². The number of para-hydroxylation sites is 1. The third kappa shape index (κ3) is 2.51. The molecule has 0 fully saturated rings. The van der Waals surface area contributed by atoms with Crippen LogP contribution in [0.1, 0.15) is 5.56 Å². The lowest BCUT2D eigenvalue weighted by atomic mass is 10.1. The van der Waals surface area contributed by atoms with E-state index in [4.69, 9.17) is 10.1 Å². The first-order valence-corrected chi connectivity index (χ1v) is 5.74. The predicted molar refractivity (Wildman–Crippen MR) is 74.7 cm³/mol. The highest BCUT2D eigenvalue weighted by Crippen LogP contribution is 2.17. The van der Waals surface area contributed by atoms with Crippen LogP contribution >= 0.6 is 0 Å². The van der Waals surface area contributed by atoms with Gasteiger partial charge >= 0.3 is 0 Å². The van der Waals surface area contributed by atoms with Gasteiger partial charge in [0.15, 0.2) is 0 Å². The number of hydrogen-bond acceptors (Lipinski definition) is 2. The van der Waals surface area contributed by atoms with E-state index in [9.17, 15) is 0 Å². The third-order valence-electron chi connectivity index (χ3n) is 2.84. The van der Waals surface area contributed by atoms with Gasteiger partial charge in [-0.1, -0.05) is 18.2 Å². The van der Waals surface area contributed by atoms with E-state index in [1.165, 1.54) is 0 Å². The number of nitrogens with one attached hydrogen (secondary N) is 1. The van der Waals surface area contributed by atoms with Gasteiger partial charge in [0.05, 0.1) is 7.11 Å². The number of rotatable bonds is 3. The number of ether oxygens (including phenoxy) is 1. The molecule has 1 N–H and O–H groups in total. The van der Waals surface area contributed by atoms with Crippen LogP contribution in [0.3, 0.4) is 0 Å². The second-order valence-electron chi connectivity index (χ2n) is 3.97. The topological polar surface area (TPSA) is 36.3 Å². The first kappa shape index (κ1) is 12.2. The quantitative estimate of drug-likeness (QED) is 0.661. The van der Waals surface area contributed by atoms with Gasteiger partial charge in [-0.05, 0) is 36.4 Å². The molecule has 0 radical (unpaired) electrons. The summed E-state index contributed by atoms with van der Waals surface area (Å²) in [5.41, 5.74) is 1.86. The van der Waals surface area contributed by atoms with Crippen LogP contribution in [-0.2, 0) is 0 Å². The van der Waals surface area contributed by atoms with Gasteiger partial charge in [-0.25, -0.2) is 0 Å². The van der Waals surface area contributed by atoms with Crippen LogP contribution in [0, 0.1) is 5.41 Å². The Kier molecular flexibility index (Phi) is 3.63. The molecule has 18 heavy (non-hydrogen) atoms. The molecule has 0 saturated carbocycles. The van der Waals surface area contributed by atoms with Crippen molar-refractivity contribution >= 4 is 11.5 Å². The van der Waals surface area contributed by atoms with Crippen LogP contribution in [0.5, 0.6) is 5.75 Å². The molecular weight excluding hydrogens is 224 g/mol. The second kappa shape index (κ2) is 5.36. The average molecular weight is 240 g/mol. The summed E-state index contributed by atoms with van der Waals surface area (Å²) in [6.45, 7) is 0. The zero-order valence-corrected chi connectivity index (χ0v) is 10.6. The number of hydrogen-bond donors (Lipinski definition) is 1. The van der Waals surface area contributed by atoms with Crippen molar-refractivity contribution < 1.29 is 4.74 Å². The van der Waals surface area contributed by atoms with Crippen LogP contribution < -0.4 is 9.64 Å². The minimum absolute atomic E-state index is 0.462. The van der Waals surface area contributed by atoms with E-state index in [0.717, 1.165) is 17.0 Å². The Morgan fingerprint density at radius 2 is 1.61 bits per heavy atom. The van der Waals surface area contributed by atoms with E-state index in [0.29, 0.717) is 5.84 Å². The Balaban J connectivity index is 2.20. The van der Waals surface area contributed by atoms with E-state index >= 15 is 0 Å². The number of benzene rings is 2. The summed E-state index contributed by atoms with van der Waals surface area (Å²) in [4.78, 5) is 1.85. The maximum atomic E-state index is 8.19. The van der Waals surface area contributed by atoms with Gasteiger partial charge in [0.25, 0.3) is 0 Å². The molecule has 0 amide bonds. The smallest absolute Gasteiger partial charge is 0.132 e. The molecule has 0 aliphatic carbocycles. The summed E-state index contributed by atoms with van der Waals surface area (Å²) in [7, 11) is 3.53. The fourth-order valence-corrected chi connectivity index (χ4v) is 1.72. The summed E-state index contributed by atoms with van der Waals surface area (Å²) >= 11 is 0. The lowest BCUT2D eigenvalue weighted by molar-refractivity contribution is 0.415. The summed E-state index contributed by atoms with van der Waals surface area (Å²) < 4.78 is 5.11. The Hall–Kier alpha value is -2.29. The molecule has 0 unspecified atom stereocenters. The van der Waals surface area contributed by atoms with Crippen molar-refractivity contribution in [2.45, 2.75) is 0 Å². The molecule has 0 heterocycles. The van der Waals surface area contributed by atoms with Crippen molar-refractivity contribution in [2.75, 3.05) is 19.1 Å². The molecular formula is C15H16N2O. The number of nitrogens with zero attached hydrogens (tertiary/aromatic N) is 1. The molecule has 92 valence electrons. The van der Waals surface area contributed by atoms with Gasteiger partial charge in [0.2, 0.25) is 0 Å². The lowest BCUT2D eigenvalue weighted by Gasteiger charge is -2.20. The van der Waals surface area contributed by atoms with E-state index in [2.05, 4.69) is 0 Å². The average Bonchev–Trinajstić information content (AvgIpc) is 2.47. The minimum Gasteiger partial charge on any atom is -0.497 e. The van der Waals surface area contributed by atoms with Crippen molar-refractivity contribution in [3.05, 3.63) is 60.2 Å². The third-order valence-corrected chi connectivity index (χ3v) is 2.84. The monoisotopic (exact) mass is 240 g/mol. The van der Waals surface area contributed by atoms with Crippen molar-refractivity contribution in [1.82, 2.24) is 0 Å². The minimum atomic E-state index is 0.462. The van der Waals surface area contributed by atoms with Crippen LogP contribution in [0.4, 0.5) is 5.69 Å². The highest BCUT2D eigenvalue weighted by Gasteiger charge is 2.08. The standard InChI is InChI=1S/C15H16N2O/c1-17(13-6-4-3-5-7-13)15(16)12-8-10-14(18-2)11-9-12/h3-11,16H,1-2H3. The number of amidine groups is 1. The van der Waals surface area contributed by atoms with E-state index in [1.807, 2.05) is 66.5 Å². The SMILES string of the molecule is COc1ccc(C(=N)N(C)c2ccccc2)cc1. The first-order chi connectivity index (χ1) is 8.72. The van der Waals surface area contributed by atoms with E-state index in [-0.39, 0.29) is 0 Å². The van der Waals surface area contributed by atoms with Gasteiger partial charge in [-0.3, -0.25) is 5.41 Å². The molecule has 3 nitrogen and oxygen atoms in total. The highest BCUT2D eigenvalue weighted by molar-refractivity contribution is 6.07. The van der Waals surface area contributed by atoms with Crippen molar-refractivity contribution in [3.63, 3.8) is 0 Å². The van der Waals surface area contributed by atoms with Crippen LogP contribution in [0.15, 0.2) is 54.6 Å². The molecule has 0 saturated heterocycles. The van der Waals surface area contributed by atoms with Crippen molar-refractivity contribution in [1.29, 1.82) is 5.41 Å². The van der Waals surface area contributed by atoms with Crippen LogP contribution in [-0.4, -0.2) is 20.0 Å². The Bertz CT molecular complexity index is 520. The van der Waals surface area contributed by atoms with E-state index in [1.54, 1.807) is 7.11 Å². The van der Waals surface area contributed by atoms with E-state index < -0.39 is 0 Å².